The normalized spacial score (nSPS) is 13.0. The molecule has 6 nitrogen and oxygen atoms in total. The number of benzene rings is 1. The number of rotatable bonds is 7. The predicted molar refractivity (Wildman–Crippen MR) is 125 cm³/mol. The van der Waals surface area contributed by atoms with E-state index >= 15 is 0 Å². The minimum atomic E-state index is -0.261. The zero-order valence-electron chi connectivity index (χ0n) is 17.1. The van der Waals surface area contributed by atoms with Gasteiger partial charge < -0.3 is 20.9 Å². The lowest BCUT2D eigenvalue weighted by Gasteiger charge is -2.26. The third kappa shape index (κ3) is 10.8. The van der Waals surface area contributed by atoms with E-state index in [9.17, 15) is 4.79 Å². The van der Waals surface area contributed by atoms with E-state index in [-0.39, 0.29) is 48.0 Å². The van der Waals surface area contributed by atoms with Gasteiger partial charge in [0.1, 0.15) is 6.54 Å². The molecule has 0 radical (unpaired) electrons. The first-order valence-electron chi connectivity index (χ1n) is 8.87. The number of nitrogens with one attached hydrogen (secondary N) is 3. The van der Waals surface area contributed by atoms with Crippen molar-refractivity contribution in [3.63, 3.8) is 0 Å². The fourth-order valence-electron chi connectivity index (χ4n) is 2.43. The lowest BCUT2D eigenvalue weighted by molar-refractivity contribution is -0.121. The molecular formula is C19H33ClIN5O. The molecular weight excluding hydrogens is 477 g/mol. The summed E-state index contributed by atoms with van der Waals surface area (Å²) in [6, 6.07) is 7.98. The standard InChI is InChI=1S/C19H32ClN5O.HI/c1-7-21-18(23-13-17(26)24-19(2,3)4)22-12-16(25(5)6)14-8-10-15(20)11-9-14;/h8-11,16H,7,12-13H2,1-6H3,(H,24,26)(H2,21,22,23);1H. The van der Waals surface area contributed by atoms with Crippen molar-refractivity contribution < 1.29 is 4.79 Å². The van der Waals surface area contributed by atoms with Crippen LogP contribution in [0.1, 0.15) is 39.3 Å². The zero-order valence-corrected chi connectivity index (χ0v) is 20.2. The molecule has 1 aromatic carbocycles. The molecule has 0 aromatic heterocycles. The van der Waals surface area contributed by atoms with E-state index in [1.165, 1.54) is 0 Å². The van der Waals surface area contributed by atoms with E-state index in [4.69, 9.17) is 11.6 Å². The molecule has 0 fully saturated rings. The van der Waals surface area contributed by atoms with Crippen molar-refractivity contribution in [2.45, 2.75) is 39.3 Å². The number of amides is 1. The maximum atomic E-state index is 12.0. The Hall–Kier alpha value is -1.06. The van der Waals surface area contributed by atoms with Crippen LogP contribution in [-0.4, -0.2) is 56.0 Å². The van der Waals surface area contributed by atoms with Gasteiger partial charge in [0.15, 0.2) is 5.96 Å². The van der Waals surface area contributed by atoms with Crippen LogP contribution in [0.2, 0.25) is 5.02 Å². The Labute approximate surface area is 185 Å². The number of nitrogens with zero attached hydrogens (tertiary/aromatic N) is 2. The number of carbonyl (C=O) groups excluding carboxylic acids is 1. The average Bonchev–Trinajstić information content (AvgIpc) is 2.52. The van der Waals surface area contributed by atoms with Gasteiger partial charge in [-0.05, 0) is 59.5 Å². The Kier molecular flexibility index (Phi) is 11.9. The highest BCUT2D eigenvalue weighted by atomic mass is 127. The molecule has 1 atom stereocenters. The molecule has 0 spiro atoms. The van der Waals surface area contributed by atoms with Crippen LogP contribution in [0.25, 0.3) is 0 Å². The summed E-state index contributed by atoms with van der Waals surface area (Å²) >= 11 is 5.99. The van der Waals surface area contributed by atoms with Crippen LogP contribution in [0.15, 0.2) is 29.3 Å². The number of halogens is 2. The molecule has 0 saturated carbocycles. The second kappa shape index (κ2) is 12.4. The highest BCUT2D eigenvalue weighted by Crippen LogP contribution is 2.19. The van der Waals surface area contributed by atoms with Crippen LogP contribution in [0.5, 0.6) is 0 Å². The number of carbonyl (C=O) groups is 1. The molecule has 0 heterocycles. The van der Waals surface area contributed by atoms with Gasteiger partial charge in [0, 0.05) is 23.7 Å². The summed E-state index contributed by atoms with van der Waals surface area (Å²) in [7, 11) is 4.06. The fraction of sp³-hybridized carbons (Fsp3) is 0.579. The van der Waals surface area contributed by atoms with E-state index in [0.717, 1.165) is 17.1 Å². The largest absolute Gasteiger partial charge is 0.357 e. The quantitative estimate of drug-likeness (QED) is 0.300. The minimum Gasteiger partial charge on any atom is -0.357 e. The van der Waals surface area contributed by atoms with Gasteiger partial charge in [-0.2, -0.15) is 0 Å². The van der Waals surface area contributed by atoms with Crippen molar-refractivity contribution in [2.24, 2.45) is 4.99 Å². The van der Waals surface area contributed by atoms with Crippen LogP contribution in [-0.2, 0) is 4.79 Å². The third-order valence-corrected chi connectivity index (χ3v) is 3.83. The predicted octanol–water partition coefficient (Wildman–Crippen LogP) is 3.03. The molecule has 154 valence electrons. The van der Waals surface area contributed by atoms with Gasteiger partial charge in [-0.15, -0.1) is 24.0 Å². The molecule has 27 heavy (non-hydrogen) atoms. The Morgan fingerprint density at radius 1 is 1.19 bits per heavy atom. The summed E-state index contributed by atoms with van der Waals surface area (Å²) in [6.07, 6.45) is 0. The Bertz CT molecular complexity index is 599. The van der Waals surface area contributed by atoms with Gasteiger partial charge in [-0.25, -0.2) is 4.99 Å². The van der Waals surface area contributed by atoms with Gasteiger partial charge in [0.05, 0.1) is 6.04 Å². The van der Waals surface area contributed by atoms with E-state index in [2.05, 4.69) is 25.8 Å². The van der Waals surface area contributed by atoms with Gasteiger partial charge >= 0.3 is 0 Å². The molecule has 0 aliphatic carbocycles. The molecule has 1 amide bonds. The van der Waals surface area contributed by atoms with Crippen molar-refractivity contribution in [1.29, 1.82) is 0 Å². The first kappa shape index (κ1) is 25.9. The molecule has 1 unspecified atom stereocenters. The highest BCUT2D eigenvalue weighted by Gasteiger charge is 2.16. The molecule has 0 aliphatic heterocycles. The maximum absolute atomic E-state index is 12.0. The molecule has 8 heteroatoms. The second-order valence-corrected chi connectivity index (χ2v) is 7.84. The lowest BCUT2D eigenvalue weighted by atomic mass is 10.1. The van der Waals surface area contributed by atoms with Crippen LogP contribution < -0.4 is 16.0 Å². The van der Waals surface area contributed by atoms with Crippen molar-refractivity contribution in [1.82, 2.24) is 20.9 Å². The van der Waals surface area contributed by atoms with Gasteiger partial charge in [0.25, 0.3) is 0 Å². The van der Waals surface area contributed by atoms with Crippen molar-refractivity contribution >= 4 is 47.4 Å². The highest BCUT2D eigenvalue weighted by molar-refractivity contribution is 14.0. The molecule has 1 aromatic rings. The van der Waals surface area contributed by atoms with Crippen molar-refractivity contribution in [3.05, 3.63) is 34.9 Å². The summed E-state index contributed by atoms with van der Waals surface area (Å²) in [4.78, 5) is 18.5. The average molecular weight is 510 g/mol. The molecule has 3 N–H and O–H groups in total. The first-order valence-corrected chi connectivity index (χ1v) is 9.25. The van der Waals surface area contributed by atoms with Crippen molar-refractivity contribution in [2.75, 3.05) is 33.7 Å². The molecule has 0 saturated heterocycles. The van der Waals surface area contributed by atoms with Crippen LogP contribution in [0.3, 0.4) is 0 Å². The molecule has 0 aliphatic rings. The zero-order chi connectivity index (χ0) is 19.7. The maximum Gasteiger partial charge on any atom is 0.242 e. The number of guanidine groups is 1. The van der Waals surface area contributed by atoms with Gasteiger partial charge in [-0.1, -0.05) is 23.7 Å². The molecule has 0 bridgehead atoms. The fourth-order valence-corrected chi connectivity index (χ4v) is 2.55. The van der Waals surface area contributed by atoms with E-state index in [1.54, 1.807) is 0 Å². The third-order valence-electron chi connectivity index (χ3n) is 3.58. The first-order chi connectivity index (χ1) is 12.1. The van der Waals surface area contributed by atoms with Crippen LogP contribution >= 0.6 is 35.6 Å². The topological polar surface area (TPSA) is 68.8 Å². The summed E-state index contributed by atoms with van der Waals surface area (Å²) in [6.45, 7) is 9.31. The van der Waals surface area contributed by atoms with E-state index in [1.807, 2.05) is 66.1 Å². The second-order valence-electron chi connectivity index (χ2n) is 7.41. The van der Waals surface area contributed by atoms with E-state index < -0.39 is 0 Å². The SMILES string of the molecule is CCNC(=NCC(=O)NC(C)(C)C)NCC(c1ccc(Cl)cc1)N(C)C.I. The number of hydrogen-bond acceptors (Lipinski definition) is 3. The number of aliphatic imine (C=N–C) groups is 1. The smallest absolute Gasteiger partial charge is 0.242 e. The lowest BCUT2D eigenvalue weighted by Crippen LogP contribution is -2.44. The summed E-state index contributed by atoms with van der Waals surface area (Å²) in [5, 5.41) is 10.1. The van der Waals surface area contributed by atoms with Gasteiger partial charge in [-0.3, -0.25) is 4.79 Å². The van der Waals surface area contributed by atoms with Gasteiger partial charge in [0.2, 0.25) is 5.91 Å². The monoisotopic (exact) mass is 509 g/mol. The Morgan fingerprint density at radius 3 is 2.26 bits per heavy atom. The molecule has 1 rings (SSSR count). The number of hydrogen-bond donors (Lipinski definition) is 3. The van der Waals surface area contributed by atoms with E-state index in [0.29, 0.717) is 12.5 Å². The summed E-state index contributed by atoms with van der Waals surface area (Å²) in [5.74, 6) is 0.522. The van der Waals surface area contributed by atoms with Crippen LogP contribution in [0.4, 0.5) is 0 Å². The van der Waals surface area contributed by atoms with Crippen LogP contribution in [0, 0.1) is 0 Å². The van der Waals surface area contributed by atoms with Crippen molar-refractivity contribution in [3.8, 4) is 0 Å². The Morgan fingerprint density at radius 2 is 1.78 bits per heavy atom. The summed E-state index contributed by atoms with van der Waals surface area (Å²) < 4.78 is 0. The number of likely N-dealkylation sites (N-methyl/N-ethyl adjacent to an activating group) is 1. The minimum absolute atomic E-state index is 0. The Balaban J connectivity index is 0.00000676. The summed E-state index contributed by atoms with van der Waals surface area (Å²) in [5.41, 5.74) is 0.899.